The lowest BCUT2D eigenvalue weighted by atomic mass is 9.87. The second-order valence-corrected chi connectivity index (χ2v) is 8.38. The third-order valence-corrected chi connectivity index (χ3v) is 5.92. The smallest absolute Gasteiger partial charge is 0.128 e. The summed E-state index contributed by atoms with van der Waals surface area (Å²) in [6.07, 6.45) is 4.93. The summed E-state index contributed by atoms with van der Waals surface area (Å²) in [5, 5.41) is 0. The number of ether oxygens (including phenoxy) is 1. The van der Waals surface area contributed by atoms with E-state index in [0.29, 0.717) is 0 Å². The highest BCUT2D eigenvalue weighted by atomic mass is 16.5. The molecule has 0 aliphatic carbocycles. The molecule has 0 aromatic heterocycles. The molecular formula is C31H32O. The summed E-state index contributed by atoms with van der Waals surface area (Å²) in [5.74, 6) is 0.957. The van der Waals surface area contributed by atoms with Crippen molar-refractivity contribution < 1.29 is 4.74 Å². The van der Waals surface area contributed by atoms with Gasteiger partial charge in [-0.05, 0) is 48.1 Å². The molecule has 1 heteroatoms. The maximum absolute atomic E-state index is 6.60. The Morgan fingerprint density at radius 1 is 0.594 bits per heavy atom. The largest absolute Gasteiger partial charge is 0.490 e. The molecule has 1 atom stereocenters. The van der Waals surface area contributed by atoms with E-state index in [1.54, 1.807) is 0 Å². The average molecular weight is 421 g/mol. The summed E-state index contributed by atoms with van der Waals surface area (Å²) in [6, 6.07) is 36.4. The normalized spacial score (nSPS) is 11.8. The van der Waals surface area contributed by atoms with Crippen molar-refractivity contribution in [3.05, 3.63) is 103 Å². The molecular weight excluding hydrogens is 388 g/mol. The zero-order valence-electron chi connectivity index (χ0n) is 19.1. The fourth-order valence-corrected chi connectivity index (χ4v) is 4.29. The van der Waals surface area contributed by atoms with Gasteiger partial charge < -0.3 is 4.74 Å². The van der Waals surface area contributed by atoms with Crippen molar-refractivity contribution >= 4 is 0 Å². The Morgan fingerprint density at radius 3 is 1.69 bits per heavy atom. The summed E-state index contributed by atoms with van der Waals surface area (Å²) >= 11 is 0. The van der Waals surface area contributed by atoms with E-state index < -0.39 is 0 Å². The van der Waals surface area contributed by atoms with Gasteiger partial charge in [0.05, 0.1) is 6.10 Å². The van der Waals surface area contributed by atoms with Crippen LogP contribution >= 0.6 is 0 Å². The van der Waals surface area contributed by atoms with E-state index in [1.165, 1.54) is 52.6 Å². The van der Waals surface area contributed by atoms with E-state index in [1.807, 2.05) is 0 Å². The number of unbranched alkanes of at least 4 members (excludes halogenated alkanes) is 2. The summed E-state index contributed by atoms with van der Waals surface area (Å²) < 4.78 is 6.60. The second-order valence-electron chi connectivity index (χ2n) is 8.38. The Kier molecular flexibility index (Phi) is 7.40. The zero-order valence-corrected chi connectivity index (χ0v) is 19.1. The highest BCUT2D eigenvalue weighted by Gasteiger charge is 2.20. The van der Waals surface area contributed by atoms with Crippen LogP contribution in [0.2, 0.25) is 0 Å². The fraction of sp³-hybridized carbons (Fsp3) is 0.226. The first-order valence-corrected chi connectivity index (χ1v) is 11.8. The van der Waals surface area contributed by atoms with Crippen molar-refractivity contribution in [1.82, 2.24) is 0 Å². The van der Waals surface area contributed by atoms with Crippen LogP contribution in [-0.4, -0.2) is 6.10 Å². The number of hydrogen-bond acceptors (Lipinski definition) is 1. The summed E-state index contributed by atoms with van der Waals surface area (Å²) in [5.41, 5.74) is 7.21. The van der Waals surface area contributed by atoms with Gasteiger partial charge >= 0.3 is 0 Å². The van der Waals surface area contributed by atoms with Crippen molar-refractivity contribution in [1.29, 1.82) is 0 Å². The minimum absolute atomic E-state index is 0.176. The van der Waals surface area contributed by atoms with Gasteiger partial charge in [0.1, 0.15) is 5.75 Å². The van der Waals surface area contributed by atoms with E-state index in [0.717, 1.165) is 12.2 Å². The Labute approximate surface area is 192 Å². The lowest BCUT2D eigenvalue weighted by molar-refractivity contribution is 0.207. The highest BCUT2D eigenvalue weighted by molar-refractivity contribution is 5.97. The molecule has 4 rings (SSSR count). The van der Waals surface area contributed by atoms with E-state index in [-0.39, 0.29) is 6.10 Å². The molecule has 1 nitrogen and oxygen atoms in total. The van der Waals surface area contributed by atoms with E-state index in [2.05, 4.69) is 117 Å². The van der Waals surface area contributed by atoms with Crippen LogP contribution in [0.25, 0.3) is 33.4 Å². The third kappa shape index (κ3) is 5.11. The minimum Gasteiger partial charge on any atom is -0.490 e. The maximum Gasteiger partial charge on any atom is 0.128 e. The monoisotopic (exact) mass is 420 g/mol. The topological polar surface area (TPSA) is 9.23 Å². The van der Waals surface area contributed by atoms with Crippen molar-refractivity contribution in [2.75, 3.05) is 0 Å². The molecule has 0 aliphatic heterocycles. The molecule has 0 radical (unpaired) electrons. The molecule has 0 spiro atoms. The quantitative estimate of drug-likeness (QED) is 0.245. The molecule has 0 aliphatic rings. The van der Waals surface area contributed by atoms with E-state index >= 15 is 0 Å². The van der Waals surface area contributed by atoms with Crippen molar-refractivity contribution in [2.45, 2.75) is 45.6 Å². The molecule has 0 amide bonds. The van der Waals surface area contributed by atoms with Crippen LogP contribution in [0.1, 0.15) is 39.5 Å². The van der Waals surface area contributed by atoms with Crippen LogP contribution < -0.4 is 4.74 Å². The Balaban J connectivity index is 1.90. The lowest BCUT2D eigenvalue weighted by Crippen LogP contribution is -2.12. The summed E-state index contributed by atoms with van der Waals surface area (Å²) in [7, 11) is 0. The van der Waals surface area contributed by atoms with Gasteiger partial charge in [-0.25, -0.2) is 0 Å². The zero-order chi connectivity index (χ0) is 22.2. The van der Waals surface area contributed by atoms with Crippen LogP contribution in [0.4, 0.5) is 0 Å². The van der Waals surface area contributed by atoms with E-state index in [4.69, 9.17) is 4.74 Å². The minimum atomic E-state index is 0.176. The van der Waals surface area contributed by atoms with Crippen LogP contribution in [0.5, 0.6) is 5.75 Å². The van der Waals surface area contributed by atoms with Crippen LogP contribution in [0.3, 0.4) is 0 Å². The maximum atomic E-state index is 6.60. The molecule has 0 fully saturated rings. The summed E-state index contributed by atoms with van der Waals surface area (Å²) in [6.45, 7) is 4.44. The van der Waals surface area contributed by atoms with Gasteiger partial charge in [0.2, 0.25) is 0 Å². The molecule has 0 saturated carbocycles. The van der Waals surface area contributed by atoms with Gasteiger partial charge in [-0.1, -0.05) is 117 Å². The first-order chi connectivity index (χ1) is 15.8. The van der Waals surface area contributed by atoms with Crippen molar-refractivity contribution in [3.8, 4) is 39.1 Å². The van der Waals surface area contributed by atoms with Crippen molar-refractivity contribution in [3.63, 3.8) is 0 Å². The molecule has 1 unspecified atom stereocenters. The number of rotatable bonds is 9. The fourth-order valence-electron chi connectivity index (χ4n) is 4.29. The van der Waals surface area contributed by atoms with Gasteiger partial charge in [-0.15, -0.1) is 0 Å². The SMILES string of the molecule is CCCCCC(C)Oc1ccc(-c2ccccc2)c(-c2ccccc2)c1-c1ccccc1. The number of benzene rings is 4. The van der Waals surface area contributed by atoms with E-state index in [9.17, 15) is 0 Å². The molecule has 0 N–H and O–H groups in total. The predicted octanol–water partition coefficient (Wildman–Crippen LogP) is 9.04. The standard InChI is InChI=1S/C31H32O/c1-3-4-8-15-24(2)32-29-23-22-28(25-16-9-5-10-17-25)30(26-18-11-6-12-19-26)31(29)27-20-13-7-14-21-27/h5-7,9-14,16-24H,3-4,8,15H2,1-2H3. The molecule has 0 heterocycles. The molecule has 0 saturated heterocycles. The predicted molar refractivity (Wildman–Crippen MR) is 137 cm³/mol. The highest BCUT2D eigenvalue weighted by Crippen LogP contribution is 2.45. The van der Waals surface area contributed by atoms with Gasteiger partial charge in [-0.2, -0.15) is 0 Å². The van der Waals surface area contributed by atoms with Crippen LogP contribution in [-0.2, 0) is 0 Å². The molecule has 0 bridgehead atoms. The van der Waals surface area contributed by atoms with Gasteiger partial charge in [0.15, 0.2) is 0 Å². The van der Waals surface area contributed by atoms with Gasteiger partial charge in [-0.3, -0.25) is 0 Å². The average Bonchev–Trinajstić information content (AvgIpc) is 2.85. The molecule has 32 heavy (non-hydrogen) atoms. The second kappa shape index (κ2) is 10.8. The Morgan fingerprint density at radius 2 is 1.12 bits per heavy atom. The molecule has 4 aromatic rings. The third-order valence-electron chi connectivity index (χ3n) is 5.92. The Hall–Kier alpha value is -3.32. The van der Waals surface area contributed by atoms with Gasteiger partial charge in [0.25, 0.3) is 0 Å². The number of hydrogen-bond donors (Lipinski definition) is 0. The lowest BCUT2D eigenvalue weighted by Gasteiger charge is -2.23. The molecule has 162 valence electrons. The summed E-state index contributed by atoms with van der Waals surface area (Å²) in [4.78, 5) is 0. The first-order valence-electron chi connectivity index (χ1n) is 11.8. The van der Waals surface area contributed by atoms with Crippen molar-refractivity contribution in [2.24, 2.45) is 0 Å². The first kappa shape index (κ1) is 21.9. The van der Waals surface area contributed by atoms with Crippen LogP contribution in [0, 0.1) is 0 Å². The Bertz CT molecular complexity index is 1100. The van der Waals surface area contributed by atoms with Crippen LogP contribution in [0.15, 0.2) is 103 Å². The molecule has 4 aromatic carbocycles. The van der Waals surface area contributed by atoms with Gasteiger partial charge in [0, 0.05) is 11.1 Å².